The second-order valence-electron chi connectivity index (χ2n) is 21.9. The monoisotopic (exact) mass is 970 g/mol. The van der Waals surface area contributed by atoms with E-state index in [4.69, 9.17) is 0 Å². The molecule has 0 bridgehead atoms. The highest BCUT2D eigenvalue weighted by Gasteiger charge is 2.44. The van der Waals surface area contributed by atoms with Crippen molar-refractivity contribution in [3.05, 3.63) is 264 Å². The quantitative estimate of drug-likeness (QED) is 0.157. The van der Waals surface area contributed by atoms with E-state index in [0.717, 1.165) is 6.42 Å². The fourth-order valence-corrected chi connectivity index (χ4v) is 14.1. The SMILES string of the molecule is C1=c2c(n(-c3ccc4ccccc4c3)c3ccccc23)=CCC1c1ccc(-c2ccc3c(c2)C2(CCCCC2)c2cc(-c4ccc(-c5ccc6c(c5)c5ccccc5n6-c5ccc6ccccc6c5)cc4)ccc2-3)cc1. The zero-order valence-electron chi connectivity index (χ0n) is 42.4. The van der Waals surface area contributed by atoms with Gasteiger partial charge in [-0.05, 0) is 163 Å². The lowest BCUT2D eigenvalue weighted by atomic mass is 9.67. The third-order valence-electron chi connectivity index (χ3n) is 17.8. The lowest BCUT2D eigenvalue weighted by molar-refractivity contribution is 0.353. The lowest BCUT2D eigenvalue weighted by Crippen LogP contribution is -2.31. The Bertz CT molecular complexity index is 4630. The lowest BCUT2D eigenvalue weighted by Gasteiger charge is -2.36. The largest absolute Gasteiger partial charge is 0.310 e. The maximum atomic E-state index is 2.56. The van der Waals surface area contributed by atoms with Gasteiger partial charge in [0, 0.05) is 49.4 Å². The normalized spacial score (nSPS) is 15.5. The van der Waals surface area contributed by atoms with Crippen molar-refractivity contribution in [2.75, 3.05) is 0 Å². The molecule has 3 aliphatic carbocycles. The molecule has 1 unspecified atom stereocenters. The fraction of sp³-hybridized carbons (Fsp3) is 0.108. The standard InChI is InChI=1S/C74H54N2/c1-10-40-74(41-11-1)68-46-58(52-24-20-50(21-25-52)56-32-38-72-66(44-56)64-16-6-8-18-70(64)75(72)60-34-28-48-12-2-4-14-54(48)42-60)30-36-62(68)63-37-31-59(47-69(63)74)53-26-22-51(23-27-53)57-33-39-73-67(45-57)65-17-7-9-19-71(65)76(73)61-35-29-49-13-3-5-15-55(49)43-61/h2-9,12-32,34-39,42-47,57H,1,10-11,33,40-41H2. The highest BCUT2D eigenvalue weighted by atomic mass is 15.0. The maximum Gasteiger partial charge on any atom is 0.0541 e. The van der Waals surface area contributed by atoms with Crippen LogP contribution in [0.4, 0.5) is 0 Å². The molecule has 0 N–H and O–H groups in total. The van der Waals surface area contributed by atoms with Gasteiger partial charge >= 0.3 is 0 Å². The average molecular weight is 971 g/mol. The zero-order valence-corrected chi connectivity index (χ0v) is 42.4. The minimum absolute atomic E-state index is 0.0346. The summed E-state index contributed by atoms with van der Waals surface area (Å²) in [5.74, 6) is 0.313. The Morgan fingerprint density at radius 2 is 0.842 bits per heavy atom. The molecule has 360 valence electrons. The predicted molar refractivity (Wildman–Crippen MR) is 320 cm³/mol. The summed E-state index contributed by atoms with van der Waals surface area (Å²) in [5.41, 5.74) is 21.0. The maximum absolute atomic E-state index is 2.56. The van der Waals surface area contributed by atoms with E-state index >= 15 is 0 Å². The van der Waals surface area contributed by atoms with Gasteiger partial charge in [-0.2, -0.15) is 0 Å². The summed E-state index contributed by atoms with van der Waals surface area (Å²) in [5, 5.41) is 11.5. The van der Waals surface area contributed by atoms with Crippen LogP contribution in [0.15, 0.2) is 237 Å². The van der Waals surface area contributed by atoms with E-state index in [2.05, 4.69) is 258 Å². The van der Waals surface area contributed by atoms with Crippen molar-refractivity contribution in [1.29, 1.82) is 0 Å². The molecule has 11 aromatic carbocycles. The molecular formula is C74H54N2. The van der Waals surface area contributed by atoms with E-state index < -0.39 is 0 Å². The van der Waals surface area contributed by atoms with Crippen LogP contribution in [0.5, 0.6) is 0 Å². The van der Waals surface area contributed by atoms with Crippen molar-refractivity contribution in [2.24, 2.45) is 0 Å². The summed E-state index contributed by atoms with van der Waals surface area (Å²) in [6.07, 6.45) is 12.2. The molecule has 1 saturated carbocycles. The van der Waals surface area contributed by atoms with Crippen LogP contribution >= 0.6 is 0 Å². The number of para-hydroxylation sites is 2. The Hall–Kier alpha value is -8.98. The minimum Gasteiger partial charge on any atom is -0.310 e. The second kappa shape index (κ2) is 17.0. The van der Waals surface area contributed by atoms with Crippen molar-refractivity contribution in [1.82, 2.24) is 9.13 Å². The van der Waals surface area contributed by atoms with Crippen molar-refractivity contribution in [3.63, 3.8) is 0 Å². The molecule has 2 nitrogen and oxygen atoms in total. The van der Waals surface area contributed by atoms with E-state index in [9.17, 15) is 0 Å². The first kappa shape index (κ1) is 43.4. The van der Waals surface area contributed by atoms with Crippen LogP contribution in [0.3, 0.4) is 0 Å². The Kier molecular flexibility index (Phi) is 9.73. The van der Waals surface area contributed by atoms with Crippen LogP contribution < -0.4 is 10.6 Å². The summed E-state index contributed by atoms with van der Waals surface area (Å²) in [6, 6.07) is 89.3. The minimum atomic E-state index is 0.0346. The summed E-state index contributed by atoms with van der Waals surface area (Å²) < 4.78 is 4.89. The average Bonchev–Trinajstić information content (AvgIpc) is 4.17. The van der Waals surface area contributed by atoms with Crippen LogP contribution in [0.25, 0.3) is 122 Å². The first-order chi connectivity index (χ1) is 37.6. The molecule has 2 heteroatoms. The van der Waals surface area contributed by atoms with Gasteiger partial charge in [-0.1, -0.05) is 207 Å². The van der Waals surface area contributed by atoms with Crippen molar-refractivity contribution < 1.29 is 0 Å². The molecule has 0 amide bonds. The van der Waals surface area contributed by atoms with Gasteiger partial charge in [-0.15, -0.1) is 0 Å². The summed E-state index contributed by atoms with van der Waals surface area (Å²) in [7, 11) is 0. The van der Waals surface area contributed by atoms with E-state index in [1.165, 1.54) is 169 Å². The van der Waals surface area contributed by atoms with Gasteiger partial charge in [0.25, 0.3) is 0 Å². The van der Waals surface area contributed by atoms with Gasteiger partial charge < -0.3 is 9.13 Å². The van der Waals surface area contributed by atoms with Crippen LogP contribution in [-0.2, 0) is 5.41 Å². The first-order valence-corrected chi connectivity index (χ1v) is 27.5. The Morgan fingerprint density at radius 3 is 1.47 bits per heavy atom. The van der Waals surface area contributed by atoms with Crippen LogP contribution in [-0.4, -0.2) is 9.13 Å². The molecule has 0 radical (unpaired) electrons. The molecule has 1 fully saturated rings. The number of benzene rings is 11. The van der Waals surface area contributed by atoms with Gasteiger partial charge in [-0.25, -0.2) is 0 Å². The molecule has 0 saturated heterocycles. The molecular weight excluding hydrogens is 917 g/mol. The Labute approximate surface area is 442 Å². The van der Waals surface area contributed by atoms with Gasteiger partial charge in [0.2, 0.25) is 0 Å². The highest BCUT2D eigenvalue weighted by Crippen LogP contribution is 2.57. The molecule has 16 rings (SSSR count). The van der Waals surface area contributed by atoms with E-state index in [0.29, 0.717) is 5.92 Å². The van der Waals surface area contributed by atoms with Crippen LogP contribution in [0.1, 0.15) is 61.1 Å². The Morgan fingerprint density at radius 1 is 0.355 bits per heavy atom. The number of nitrogens with zero attached hydrogens (tertiary/aromatic N) is 2. The van der Waals surface area contributed by atoms with Crippen molar-refractivity contribution >= 4 is 66.4 Å². The van der Waals surface area contributed by atoms with Crippen LogP contribution in [0.2, 0.25) is 0 Å². The molecule has 0 aliphatic heterocycles. The van der Waals surface area contributed by atoms with Crippen molar-refractivity contribution in [2.45, 2.75) is 49.9 Å². The molecule has 2 aromatic heterocycles. The molecule has 13 aromatic rings. The van der Waals surface area contributed by atoms with Gasteiger partial charge in [0.05, 0.1) is 16.6 Å². The third-order valence-corrected chi connectivity index (χ3v) is 17.8. The van der Waals surface area contributed by atoms with Gasteiger partial charge in [0.15, 0.2) is 0 Å². The Balaban J connectivity index is 0.693. The fourth-order valence-electron chi connectivity index (χ4n) is 14.1. The van der Waals surface area contributed by atoms with Crippen LogP contribution in [0, 0.1) is 0 Å². The number of hydrogen-bond acceptors (Lipinski definition) is 0. The summed E-state index contributed by atoms with van der Waals surface area (Å²) in [4.78, 5) is 0. The summed E-state index contributed by atoms with van der Waals surface area (Å²) >= 11 is 0. The van der Waals surface area contributed by atoms with Crippen molar-refractivity contribution in [3.8, 4) is 55.9 Å². The second-order valence-corrected chi connectivity index (χ2v) is 21.9. The zero-order chi connectivity index (χ0) is 49.9. The number of rotatable bonds is 6. The molecule has 1 atom stereocenters. The number of aromatic nitrogens is 2. The van der Waals surface area contributed by atoms with E-state index in [-0.39, 0.29) is 5.41 Å². The van der Waals surface area contributed by atoms with Gasteiger partial charge in [-0.3, -0.25) is 0 Å². The highest BCUT2D eigenvalue weighted by molar-refractivity contribution is 6.11. The molecule has 76 heavy (non-hydrogen) atoms. The van der Waals surface area contributed by atoms with Gasteiger partial charge in [0.1, 0.15) is 0 Å². The molecule has 3 aliphatic rings. The third kappa shape index (κ3) is 6.73. The van der Waals surface area contributed by atoms with E-state index in [1.807, 2.05) is 0 Å². The summed E-state index contributed by atoms with van der Waals surface area (Å²) in [6.45, 7) is 0. The first-order valence-electron chi connectivity index (χ1n) is 27.5. The molecule has 1 spiro atoms. The molecule has 2 heterocycles. The number of fused-ring (bicyclic) bond motifs is 13. The van der Waals surface area contributed by atoms with E-state index in [1.54, 1.807) is 0 Å². The topological polar surface area (TPSA) is 9.86 Å². The predicted octanol–water partition coefficient (Wildman–Crippen LogP) is 18.0. The smallest absolute Gasteiger partial charge is 0.0541 e. The number of hydrogen-bond donors (Lipinski definition) is 0.